The van der Waals surface area contributed by atoms with E-state index in [1.807, 2.05) is 0 Å². The van der Waals surface area contributed by atoms with Crippen molar-refractivity contribution in [1.82, 2.24) is 0 Å². The lowest BCUT2D eigenvalue weighted by atomic mass is 9.79. The third-order valence-electron chi connectivity index (χ3n) is 1.57. The van der Waals surface area contributed by atoms with Crippen LogP contribution in [0.1, 0.15) is 10.4 Å². The molecule has 0 bridgehead atoms. The average Bonchev–Trinajstić information content (AvgIpc) is 2.07. The number of carbonyl (C=O) groups is 1. The Hall–Kier alpha value is -0.915. The number of hydrogen-bond acceptors (Lipinski definition) is 3. The summed E-state index contributed by atoms with van der Waals surface area (Å²) in [6.45, 7) is 0. The van der Waals surface area contributed by atoms with Crippen LogP contribution in [0.5, 0.6) is 0 Å². The zero-order chi connectivity index (χ0) is 10.9. The quantitative estimate of drug-likeness (QED) is 0.654. The third kappa shape index (κ3) is 2.12. The van der Waals surface area contributed by atoms with Crippen molar-refractivity contribution in [2.45, 2.75) is 0 Å². The minimum Gasteiger partial charge on any atom is -0.478 e. The van der Waals surface area contributed by atoms with E-state index in [9.17, 15) is 9.18 Å². The molecule has 7 heteroatoms. The topological polar surface area (TPSA) is 77.8 Å². The lowest BCUT2D eigenvalue weighted by Crippen LogP contribution is -2.34. The van der Waals surface area contributed by atoms with Gasteiger partial charge in [-0.05, 0) is 12.1 Å². The van der Waals surface area contributed by atoms with Gasteiger partial charge < -0.3 is 15.2 Å². The molecular formula is C7H5BBrFO4. The highest BCUT2D eigenvalue weighted by Gasteiger charge is 2.22. The van der Waals surface area contributed by atoms with Crippen molar-refractivity contribution in [1.29, 1.82) is 0 Å². The summed E-state index contributed by atoms with van der Waals surface area (Å²) in [6.07, 6.45) is 0. The van der Waals surface area contributed by atoms with Crippen LogP contribution >= 0.6 is 15.9 Å². The fraction of sp³-hybridized carbons (Fsp3) is 0. The van der Waals surface area contributed by atoms with Gasteiger partial charge in [0.15, 0.2) is 0 Å². The van der Waals surface area contributed by atoms with Gasteiger partial charge in [-0.3, -0.25) is 0 Å². The van der Waals surface area contributed by atoms with Crippen molar-refractivity contribution in [3.8, 4) is 0 Å². The Kier molecular flexibility index (Phi) is 3.25. The van der Waals surface area contributed by atoms with Gasteiger partial charge in [-0.25, -0.2) is 9.18 Å². The maximum absolute atomic E-state index is 13.2. The van der Waals surface area contributed by atoms with Crippen molar-refractivity contribution < 1.29 is 24.3 Å². The Balaban J connectivity index is 3.40. The number of rotatable bonds is 2. The van der Waals surface area contributed by atoms with Crippen LogP contribution < -0.4 is 5.46 Å². The zero-order valence-electron chi connectivity index (χ0n) is 6.74. The van der Waals surface area contributed by atoms with Crippen LogP contribution in [-0.4, -0.2) is 28.2 Å². The Bertz CT molecular complexity index is 382. The fourth-order valence-electron chi connectivity index (χ4n) is 0.954. The highest BCUT2D eigenvalue weighted by Crippen LogP contribution is 2.14. The van der Waals surface area contributed by atoms with Gasteiger partial charge in [0.1, 0.15) is 5.82 Å². The van der Waals surface area contributed by atoms with Crippen molar-refractivity contribution in [2.75, 3.05) is 0 Å². The van der Waals surface area contributed by atoms with E-state index in [0.29, 0.717) is 0 Å². The van der Waals surface area contributed by atoms with E-state index in [-0.39, 0.29) is 4.47 Å². The molecule has 0 aliphatic rings. The minimum atomic E-state index is -2.04. The monoisotopic (exact) mass is 262 g/mol. The van der Waals surface area contributed by atoms with Gasteiger partial charge >= 0.3 is 13.1 Å². The molecule has 0 aliphatic carbocycles. The Morgan fingerprint density at radius 2 is 2.00 bits per heavy atom. The second-order valence-electron chi connectivity index (χ2n) is 2.54. The molecule has 4 nitrogen and oxygen atoms in total. The summed E-state index contributed by atoms with van der Waals surface area (Å²) < 4.78 is 13.5. The summed E-state index contributed by atoms with van der Waals surface area (Å²) in [5.41, 5.74) is -1.08. The number of benzene rings is 1. The third-order valence-corrected chi connectivity index (χ3v) is 2.03. The molecule has 1 aromatic carbocycles. The first-order chi connectivity index (χ1) is 6.43. The standard InChI is InChI=1S/C7H5BBrFO4/c9-3-1-4(7(11)12)6(10)5(2-3)8(13)14/h1-2,13-14H,(H,11,12). The molecule has 0 atom stereocenters. The van der Waals surface area contributed by atoms with Crippen molar-refractivity contribution in [3.63, 3.8) is 0 Å². The van der Waals surface area contributed by atoms with Crippen LogP contribution in [0.25, 0.3) is 0 Å². The van der Waals surface area contributed by atoms with E-state index in [0.717, 1.165) is 12.1 Å². The number of aromatic carboxylic acids is 1. The Morgan fingerprint density at radius 1 is 1.43 bits per heavy atom. The summed E-state index contributed by atoms with van der Waals surface area (Å²) >= 11 is 2.93. The first-order valence-electron chi connectivity index (χ1n) is 3.52. The maximum Gasteiger partial charge on any atom is 0.491 e. The lowest BCUT2D eigenvalue weighted by Gasteiger charge is -2.05. The Morgan fingerprint density at radius 3 is 2.43 bits per heavy atom. The van der Waals surface area contributed by atoms with E-state index in [2.05, 4.69) is 15.9 Å². The van der Waals surface area contributed by atoms with E-state index < -0.39 is 29.9 Å². The fourth-order valence-corrected chi connectivity index (χ4v) is 1.43. The molecule has 0 heterocycles. The molecule has 14 heavy (non-hydrogen) atoms. The molecule has 3 N–H and O–H groups in total. The van der Waals surface area contributed by atoms with Crippen LogP contribution in [0, 0.1) is 5.82 Å². The molecular weight excluding hydrogens is 258 g/mol. The van der Waals surface area contributed by atoms with Gasteiger partial charge in [-0.15, -0.1) is 0 Å². The summed E-state index contributed by atoms with van der Waals surface area (Å²) in [4.78, 5) is 10.5. The minimum absolute atomic E-state index is 0.263. The molecule has 1 aromatic rings. The summed E-state index contributed by atoms with van der Waals surface area (Å²) in [5, 5.41) is 26.0. The molecule has 0 spiro atoms. The largest absolute Gasteiger partial charge is 0.491 e. The van der Waals surface area contributed by atoms with E-state index >= 15 is 0 Å². The molecule has 0 saturated carbocycles. The summed E-state index contributed by atoms with van der Waals surface area (Å²) in [7, 11) is -2.04. The van der Waals surface area contributed by atoms with Gasteiger partial charge in [-0.1, -0.05) is 15.9 Å². The molecule has 0 fully saturated rings. The smallest absolute Gasteiger partial charge is 0.478 e. The highest BCUT2D eigenvalue weighted by atomic mass is 79.9. The second kappa shape index (κ2) is 4.08. The normalized spacial score (nSPS) is 10.0. The van der Waals surface area contributed by atoms with Crippen LogP contribution in [0.4, 0.5) is 4.39 Å². The number of hydrogen-bond donors (Lipinski definition) is 3. The van der Waals surface area contributed by atoms with Gasteiger partial charge in [0.05, 0.1) is 5.56 Å². The maximum atomic E-state index is 13.2. The molecule has 0 unspecified atom stereocenters. The summed E-state index contributed by atoms with van der Waals surface area (Å²) in [6, 6.07) is 2.15. The molecule has 0 saturated heterocycles. The summed E-state index contributed by atoms with van der Waals surface area (Å²) in [5.74, 6) is -2.61. The molecule has 74 valence electrons. The predicted molar refractivity (Wildman–Crippen MR) is 50.9 cm³/mol. The predicted octanol–water partition coefficient (Wildman–Crippen LogP) is -0.0338. The van der Waals surface area contributed by atoms with Gasteiger partial charge in [0, 0.05) is 9.94 Å². The Labute approximate surface area is 87.3 Å². The van der Waals surface area contributed by atoms with Crippen LogP contribution in [-0.2, 0) is 0 Å². The highest BCUT2D eigenvalue weighted by molar-refractivity contribution is 9.10. The molecule has 0 radical (unpaired) electrons. The van der Waals surface area contributed by atoms with Crippen molar-refractivity contribution in [3.05, 3.63) is 28.0 Å². The first kappa shape index (κ1) is 11.2. The zero-order valence-corrected chi connectivity index (χ0v) is 8.32. The van der Waals surface area contributed by atoms with Gasteiger partial charge in [-0.2, -0.15) is 0 Å². The van der Waals surface area contributed by atoms with Gasteiger partial charge in [0.25, 0.3) is 0 Å². The van der Waals surface area contributed by atoms with E-state index in [4.69, 9.17) is 15.2 Å². The number of carboxylic acid groups (broad SMARTS) is 1. The first-order valence-corrected chi connectivity index (χ1v) is 4.31. The number of carboxylic acids is 1. The van der Waals surface area contributed by atoms with Crippen molar-refractivity contribution >= 4 is 34.5 Å². The van der Waals surface area contributed by atoms with Crippen molar-refractivity contribution in [2.24, 2.45) is 0 Å². The van der Waals surface area contributed by atoms with Crippen LogP contribution in [0.2, 0.25) is 0 Å². The van der Waals surface area contributed by atoms with E-state index in [1.165, 1.54) is 0 Å². The SMILES string of the molecule is O=C(O)c1cc(Br)cc(B(O)O)c1F. The number of halogens is 2. The lowest BCUT2D eigenvalue weighted by molar-refractivity contribution is 0.0692. The molecule has 0 aromatic heterocycles. The van der Waals surface area contributed by atoms with Crippen LogP contribution in [0.15, 0.2) is 16.6 Å². The molecule has 1 rings (SSSR count). The van der Waals surface area contributed by atoms with E-state index in [1.54, 1.807) is 0 Å². The van der Waals surface area contributed by atoms with Crippen LogP contribution in [0.3, 0.4) is 0 Å². The molecule has 0 amide bonds. The average molecular weight is 263 g/mol. The molecule has 0 aliphatic heterocycles. The second-order valence-corrected chi connectivity index (χ2v) is 3.45. The van der Waals surface area contributed by atoms with Gasteiger partial charge in [0.2, 0.25) is 0 Å².